The van der Waals surface area contributed by atoms with E-state index >= 15 is 0 Å². The Labute approximate surface area is 260 Å². The number of nitrogens with zero attached hydrogens (tertiary/aromatic N) is 4. The van der Waals surface area contributed by atoms with Crippen LogP contribution in [0.3, 0.4) is 0 Å². The molecule has 13 heteroatoms. The number of aliphatic imine (C=N–C) groups is 1. The van der Waals surface area contributed by atoms with Crippen molar-refractivity contribution >= 4 is 45.1 Å². The molecule has 1 aromatic carbocycles. The SMILES string of the molecule is CN=CC(Nc1nc(Nc2cc(C)c(C3CCN(CCOC)CC3)cc2OC2CCC2)ncc1Cl)=C(N)S(=O)(=O)C(C)C. The van der Waals surface area contributed by atoms with E-state index in [1.165, 1.54) is 30.6 Å². The molecule has 236 valence electrons. The van der Waals surface area contributed by atoms with Crippen LogP contribution >= 0.6 is 11.6 Å². The second-order valence-electron chi connectivity index (χ2n) is 11.4. The van der Waals surface area contributed by atoms with Crippen LogP contribution < -0.4 is 21.1 Å². The third kappa shape index (κ3) is 8.17. The average Bonchev–Trinajstić information content (AvgIpc) is 2.96. The van der Waals surface area contributed by atoms with Crippen molar-refractivity contribution in [3.05, 3.63) is 45.2 Å². The molecule has 2 aromatic rings. The van der Waals surface area contributed by atoms with E-state index in [9.17, 15) is 8.42 Å². The summed E-state index contributed by atoms with van der Waals surface area (Å²) in [6.45, 7) is 9.05. The summed E-state index contributed by atoms with van der Waals surface area (Å²) in [6.07, 6.45) is 8.34. The van der Waals surface area contributed by atoms with Crippen molar-refractivity contribution in [3.8, 4) is 5.75 Å². The summed E-state index contributed by atoms with van der Waals surface area (Å²) in [5, 5.41) is 5.39. The number of rotatable bonds is 13. The molecule has 11 nitrogen and oxygen atoms in total. The van der Waals surface area contributed by atoms with Crippen molar-refractivity contribution in [2.75, 3.05) is 51.0 Å². The maximum atomic E-state index is 12.7. The molecule has 0 unspecified atom stereocenters. The van der Waals surface area contributed by atoms with Gasteiger partial charge in [0.05, 0.1) is 35.5 Å². The molecular weight excluding hydrogens is 590 g/mol. The number of anilines is 3. The molecule has 0 radical (unpaired) electrons. The summed E-state index contributed by atoms with van der Waals surface area (Å²) >= 11 is 6.41. The second kappa shape index (κ2) is 14.7. The van der Waals surface area contributed by atoms with Gasteiger partial charge in [-0.2, -0.15) is 4.98 Å². The minimum atomic E-state index is -3.75. The first-order valence-electron chi connectivity index (χ1n) is 14.8. The topological polar surface area (TPSA) is 144 Å². The third-order valence-electron chi connectivity index (χ3n) is 8.05. The number of likely N-dealkylation sites (tertiary alicyclic amines) is 1. The van der Waals surface area contributed by atoms with Gasteiger partial charge < -0.3 is 30.7 Å². The van der Waals surface area contributed by atoms with E-state index < -0.39 is 15.1 Å². The summed E-state index contributed by atoms with van der Waals surface area (Å²) in [5.74, 6) is 1.68. The third-order valence-corrected chi connectivity index (χ3v) is 10.4. The highest BCUT2D eigenvalue weighted by Gasteiger charge is 2.27. The molecule has 4 rings (SSSR count). The van der Waals surface area contributed by atoms with Crippen molar-refractivity contribution < 1.29 is 17.9 Å². The standard InChI is InChI=1S/C30H44ClN7O4S/c1-19(2)43(39,40)28(32)26(18-33-4)35-29-24(31)17-34-30(37-29)36-25-15-20(3)23(16-27(25)42-22-7-6-8-22)21-9-11-38(12-10-21)13-14-41-5/h15-19,21-22H,6-14,32H2,1-5H3,(H2,34,35,36,37). The molecule has 0 spiro atoms. The highest BCUT2D eigenvalue weighted by Crippen LogP contribution is 2.39. The van der Waals surface area contributed by atoms with Crippen LogP contribution in [-0.4, -0.2) is 81.3 Å². The zero-order valence-electron chi connectivity index (χ0n) is 25.7. The average molecular weight is 634 g/mol. The minimum absolute atomic E-state index is 0.0743. The van der Waals surface area contributed by atoms with E-state index in [1.54, 1.807) is 21.0 Å². The van der Waals surface area contributed by atoms with Crippen LogP contribution in [0.5, 0.6) is 5.75 Å². The first-order valence-corrected chi connectivity index (χ1v) is 16.7. The Balaban J connectivity index is 1.61. The highest BCUT2D eigenvalue weighted by molar-refractivity contribution is 7.95. The van der Waals surface area contributed by atoms with Gasteiger partial charge >= 0.3 is 0 Å². The van der Waals surface area contributed by atoms with E-state index in [-0.39, 0.29) is 33.6 Å². The molecule has 1 saturated carbocycles. The number of halogens is 1. The Kier molecular flexibility index (Phi) is 11.3. The van der Waals surface area contributed by atoms with Gasteiger partial charge in [-0.1, -0.05) is 11.6 Å². The van der Waals surface area contributed by atoms with Gasteiger partial charge in [0.15, 0.2) is 20.7 Å². The highest BCUT2D eigenvalue weighted by atomic mass is 35.5. The van der Waals surface area contributed by atoms with Crippen molar-refractivity contribution in [2.24, 2.45) is 10.7 Å². The number of piperidine rings is 1. The Morgan fingerprint density at radius 2 is 1.98 bits per heavy atom. The van der Waals surface area contributed by atoms with Gasteiger partial charge in [0.25, 0.3) is 0 Å². The van der Waals surface area contributed by atoms with Crippen LogP contribution in [0, 0.1) is 6.92 Å². The van der Waals surface area contributed by atoms with E-state index in [4.69, 9.17) is 26.8 Å². The van der Waals surface area contributed by atoms with Gasteiger partial charge in [-0.15, -0.1) is 0 Å². The van der Waals surface area contributed by atoms with Crippen LogP contribution in [0.1, 0.15) is 63.0 Å². The summed E-state index contributed by atoms with van der Waals surface area (Å²) in [4.78, 5) is 15.3. The molecule has 1 aliphatic carbocycles. The molecule has 2 fully saturated rings. The number of hydrogen-bond donors (Lipinski definition) is 3. The summed E-state index contributed by atoms with van der Waals surface area (Å²) in [7, 11) is -0.490. The van der Waals surface area contributed by atoms with Crippen LogP contribution in [0.2, 0.25) is 5.02 Å². The predicted octanol–water partition coefficient (Wildman–Crippen LogP) is 5.00. The van der Waals surface area contributed by atoms with Crippen LogP contribution in [0.15, 0.2) is 34.0 Å². The molecular formula is C30H44ClN7O4S. The molecule has 0 atom stereocenters. The molecule has 2 heterocycles. The lowest BCUT2D eigenvalue weighted by molar-refractivity contribution is 0.120. The van der Waals surface area contributed by atoms with Crippen LogP contribution in [0.4, 0.5) is 17.5 Å². The number of nitrogens with two attached hydrogens (primary N) is 1. The number of nitrogens with one attached hydrogen (secondary N) is 2. The Bertz CT molecular complexity index is 1440. The van der Waals surface area contributed by atoms with Gasteiger partial charge in [0.2, 0.25) is 5.95 Å². The van der Waals surface area contributed by atoms with Gasteiger partial charge in [0.1, 0.15) is 10.8 Å². The fraction of sp³-hybridized carbons (Fsp3) is 0.567. The van der Waals surface area contributed by atoms with E-state index in [0.29, 0.717) is 5.92 Å². The lowest BCUT2D eigenvalue weighted by Gasteiger charge is -2.33. The number of hydrogen-bond acceptors (Lipinski definition) is 11. The fourth-order valence-corrected chi connectivity index (χ4v) is 6.21. The van der Waals surface area contributed by atoms with E-state index in [1.807, 2.05) is 0 Å². The summed E-state index contributed by atoms with van der Waals surface area (Å²) in [6, 6.07) is 4.27. The van der Waals surface area contributed by atoms with E-state index in [0.717, 1.165) is 69.8 Å². The van der Waals surface area contributed by atoms with Crippen LogP contribution in [-0.2, 0) is 14.6 Å². The normalized spacial score (nSPS) is 17.7. The Hall–Kier alpha value is -2.93. The first kappa shape index (κ1) is 33.0. The number of benzene rings is 1. The molecule has 2 aliphatic rings. The van der Waals surface area contributed by atoms with Gasteiger partial charge in [-0.25, -0.2) is 13.4 Å². The number of aromatic nitrogens is 2. The number of ether oxygens (including phenoxy) is 2. The van der Waals surface area contributed by atoms with Crippen molar-refractivity contribution in [3.63, 3.8) is 0 Å². The summed E-state index contributed by atoms with van der Waals surface area (Å²) in [5.41, 5.74) is 9.37. The largest absolute Gasteiger partial charge is 0.488 e. The second-order valence-corrected chi connectivity index (χ2v) is 14.3. The number of allylic oxidation sites excluding steroid dienone is 1. The Morgan fingerprint density at radius 3 is 2.58 bits per heavy atom. The predicted molar refractivity (Wildman–Crippen MR) is 173 cm³/mol. The smallest absolute Gasteiger partial charge is 0.229 e. The molecule has 1 saturated heterocycles. The van der Waals surface area contributed by atoms with Gasteiger partial charge in [0, 0.05) is 26.9 Å². The Morgan fingerprint density at radius 1 is 1.26 bits per heavy atom. The van der Waals surface area contributed by atoms with Crippen molar-refractivity contribution in [1.29, 1.82) is 0 Å². The molecule has 43 heavy (non-hydrogen) atoms. The summed E-state index contributed by atoms with van der Waals surface area (Å²) < 4.78 is 37.2. The fourth-order valence-electron chi connectivity index (χ4n) is 5.15. The maximum Gasteiger partial charge on any atom is 0.229 e. The molecule has 1 aliphatic heterocycles. The van der Waals surface area contributed by atoms with Gasteiger partial charge in [-0.05, 0) is 95.1 Å². The zero-order chi connectivity index (χ0) is 31.1. The zero-order valence-corrected chi connectivity index (χ0v) is 27.3. The first-order chi connectivity index (χ1) is 20.5. The maximum absolute atomic E-state index is 12.7. The van der Waals surface area contributed by atoms with E-state index in [2.05, 4.69) is 49.6 Å². The molecule has 1 aromatic heterocycles. The monoisotopic (exact) mass is 633 g/mol. The number of aryl methyl sites for hydroxylation is 1. The quantitative estimate of drug-likeness (QED) is 0.258. The molecule has 0 amide bonds. The van der Waals surface area contributed by atoms with Crippen molar-refractivity contribution in [1.82, 2.24) is 14.9 Å². The van der Waals surface area contributed by atoms with Crippen molar-refractivity contribution in [2.45, 2.75) is 70.1 Å². The van der Waals surface area contributed by atoms with Gasteiger partial charge in [-0.3, -0.25) is 4.99 Å². The number of methoxy groups -OCH3 is 1. The minimum Gasteiger partial charge on any atom is -0.488 e. The number of sulfone groups is 1. The van der Waals surface area contributed by atoms with Crippen LogP contribution in [0.25, 0.3) is 0 Å². The molecule has 0 bridgehead atoms. The molecule has 4 N–H and O–H groups in total. The lowest BCUT2D eigenvalue weighted by Crippen LogP contribution is -2.35. The lowest BCUT2D eigenvalue weighted by atomic mass is 9.86.